The third-order valence-electron chi connectivity index (χ3n) is 8.66. The van der Waals surface area contributed by atoms with Crippen LogP contribution in [-0.2, 0) is 4.79 Å². The first-order valence-corrected chi connectivity index (χ1v) is 10.6. The molecule has 0 spiro atoms. The highest BCUT2D eigenvalue weighted by Crippen LogP contribution is 2.64. The Morgan fingerprint density at radius 1 is 1.19 bits per heavy atom. The van der Waals surface area contributed by atoms with Gasteiger partial charge in [-0.1, -0.05) is 26.0 Å². The number of aliphatic hydroxyl groups is 1. The molecule has 0 saturated heterocycles. The zero-order valence-corrected chi connectivity index (χ0v) is 16.4. The van der Waals surface area contributed by atoms with Crippen molar-refractivity contribution in [3.8, 4) is 0 Å². The number of carbonyl (C=O) groups excluding carboxylic acids is 1. The van der Waals surface area contributed by atoms with Crippen LogP contribution in [0.1, 0.15) is 57.9 Å². The van der Waals surface area contributed by atoms with Crippen molar-refractivity contribution in [2.24, 2.45) is 34.5 Å². The Hall–Kier alpha value is -1.61. The first kappa shape index (κ1) is 17.5. The quantitative estimate of drug-likeness (QED) is 0.561. The molecule has 27 heavy (non-hydrogen) atoms. The van der Waals surface area contributed by atoms with Crippen LogP contribution in [0.2, 0.25) is 0 Å². The number of hydrogen-bond acceptors (Lipinski definition) is 3. The van der Waals surface area contributed by atoms with Gasteiger partial charge in [-0.25, -0.2) is 0 Å². The third-order valence-corrected chi connectivity index (χ3v) is 8.66. The van der Waals surface area contributed by atoms with Crippen molar-refractivity contribution in [1.29, 1.82) is 0 Å². The highest BCUT2D eigenvalue weighted by molar-refractivity contribution is 6.05. The predicted octanol–water partition coefficient (Wildman–Crippen LogP) is 5.02. The van der Waals surface area contributed by atoms with E-state index in [-0.39, 0.29) is 16.9 Å². The van der Waals surface area contributed by atoms with Gasteiger partial charge in [-0.05, 0) is 85.3 Å². The Morgan fingerprint density at radius 3 is 2.81 bits per heavy atom. The minimum Gasteiger partial charge on any atom is -0.472 e. The molecule has 3 heteroatoms. The average Bonchev–Trinajstić information content (AvgIpc) is 3.24. The van der Waals surface area contributed by atoms with E-state index in [0.717, 1.165) is 49.7 Å². The summed E-state index contributed by atoms with van der Waals surface area (Å²) in [6.07, 6.45) is 16.0. The molecule has 7 atom stereocenters. The van der Waals surface area contributed by atoms with Crippen molar-refractivity contribution in [2.45, 2.75) is 58.5 Å². The minimum absolute atomic E-state index is 0.143. The lowest BCUT2D eigenvalue weighted by Crippen LogP contribution is -2.52. The van der Waals surface area contributed by atoms with Gasteiger partial charge in [0.25, 0.3) is 0 Å². The van der Waals surface area contributed by atoms with Crippen LogP contribution < -0.4 is 0 Å². The second-order valence-corrected chi connectivity index (χ2v) is 9.93. The summed E-state index contributed by atoms with van der Waals surface area (Å²) >= 11 is 0. The molecule has 3 saturated carbocycles. The normalized spacial score (nSPS) is 47.6. The van der Waals surface area contributed by atoms with Gasteiger partial charge in [0, 0.05) is 11.0 Å². The molecule has 0 radical (unpaired) electrons. The summed E-state index contributed by atoms with van der Waals surface area (Å²) in [6, 6.07) is 1.92. The van der Waals surface area contributed by atoms with E-state index >= 15 is 0 Å². The van der Waals surface area contributed by atoms with E-state index in [4.69, 9.17) is 4.42 Å². The zero-order valence-electron chi connectivity index (χ0n) is 16.4. The van der Waals surface area contributed by atoms with Crippen LogP contribution in [0.5, 0.6) is 0 Å². The molecule has 1 aromatic heterocycles. The standard InChI is InChI=1S/C24H30O3/c1-23-8-5-18(25)13-17(23)3-4-19-20(23)6-9-24(2)21(19)12-16(22(24)26)11-15-7-10-27-14-15/h3-4,7,10-11,14,17-21,25H,5-6,8-9,12-13H2,1-2H3. The van der Waals surface area contributed by atoms with Crippen molar-refractivity contribution in [3.05, 3.63) is 41.9 Å². The summed E-state index contributed by atoms with van der Waals surface area (Å²) in [5.74, 6) is 2.37. The van der Waals surface area contributed by atoms with Gasteiger partial charge < -0.3 is 9.52 Å². The molecule has 3 fully saturated rings. The zero-order chi connectivity index (χ0) is 18.8. The molecule has 3 nitrogen and oxygen atoms in total. The van der Waals surface area contributed by atoms with Gasteiger partial charge >= 0.3 is 0 Å². The van der Waals surface area contributed by atoms with E-state index < -0.39 is 0 Å². The van der Waals surface area contributed by atoms with Crippen LogP contribution in [0.25, 0.3) is 6.08 Å². The Morgan fingerprint density at radius 2 is 2.04 bits per heavy atom. The molecule has 4 aliphatic rings. The summed E-state index contributed by atoms with van der Waals surface area (Å²) < 4.78 is 5.18. The molecule has 1 aromatic rings. The molecular weight excluding hydrogens is 336 g/mol. The topological polar surface area (TPSA) is 50.4 Å². The predicted molar refractivity (Wildman–Crippen MR) is 105 cm³/mol. The van der Waals surface area contributed by atoms with Gasteiger partial charge in [-0.3, -0.25) is 4.79 Å². The number of aliphatic hydroxyl groups excluding tert-OH is 1. The summed E-state index contributed by atoms with van der Waals surface area (Å²) in [5, 5.41) is 10.1. The summed E-state index contributed by atoms with van der Waals surface area (Å²) in [5.41, 5.74) is 2.02. The SMILES string of the molecule is CC12CCC3C(C=CC4CC(O)CCC43C)C1CC(=Cc1ccoc1)C2=O. The lowest BCUT2D eigenvalue weighted by atomic mass is 9.47. The number of rotatable bonds is 1. The van der Waals surface area contributed by atoms with Crippen molar-refractivity contribution < 1.29 is 14.3 Å². The van der Waals surface area contributed by atoms with Crippen LogP contribution in [0.4, 0.5) is 0 Å². The average molecular weight is 367 g/mol. The minimum atomic E-state index is -0.224. The molecule has 0 aliphatic heterocycles. The lowest BCUT2D eigenvalue weighted by Gasteiger charge is -2.57. The van der Waals surface area contributed by atoms with E-state index in [2.05, 4.69) is 26.0 Å². The molecule has 4 aliphatic carbocycles. The lowest BCUT2D eigenvalue weighted by molar-refractivity contribution is -0.130. The Kier molecular flexibility index (Phi) is 3.85. The smallest absolute Gasteiger partial charge is 0.165 e. The molecule has 0 amide bonds. The highest BCUT2D eigenvalue weighted by Gasteiger charge is 2.60. The van der Waals surface area contributed by atoms with Crippen LogP contribution in [0, 0.1) is 34.5 Å². The van der Waals surface area contributed by atoms with Crippen LogP contribution in [0.15, 0.2) is 40.7 Å². The van der Waals surface area contributed by atoms with Crippen LogP contribution in [-0.4, -0.2) is 17.0 Å². The molecule has 5 rings (SSSR count). The Bertz CT molecular complexity index is 804. The van der Waals surface area contributed by atoms with E-state index in [9.17, 15) is 9.90 Å². The summed E-state index contributed by atoms with van der Waals surface area (Å²) in [6.45, 7) is 4.66. The van der Waals surface area contributed by atoms with E-state index in [0.29, 0.717) is 29.5 Å². The molecule has 7 unspecified atom stereocenters. The van der Waals surface area contributed by atoms with Gasteiger partial charge in [0.1, 0.15) is 0 Å². The summed E-state index contributed by atoms with van der Waals surface area (Å²) in [4.78, 5) is 13.3. The third kappa shape index (κ3) is 2.47. The number of fused-ring (bicyclic) bond motifs is 5. The fourth-order valence-electron chi connectivity index (χ4n) is 6.96. The fraction of sp³-hybridized carbons (Fsp3) is 0.625. The van der Waals surface area contributed by atoms with Crippen LogP contribution >= 0.6 is 0 Å². The Labute approximate surface area is 161 Å². The van der Waals surface area contributed by atoms with Gasteiger partial charge in [0.15, 0.2) is 5.78 Å². The number of furan rings is 1. The molecule has 1 heterocycles. The maximum atomic E-state index is 13.3. The van der Waals surface area contributed by atoms with Crippen LogP contribution in [0.3, 0.4) is 0 Å². The fourth-order valence-corrected chi connectivity index (χ4v) is 6.96. The van der Waals surface area contributed by atoms with Gasteiger partial charge in [-0.2, -0.15) is 0 Å². The van der Waals surface area contributed by atoms with E-state index in [1.54, 1.807) is 12.5 Å². The number of Topliss-reactive ketones (excluding diaryl/α,β-unsaturated/α-hetero) is 1. The van der Waals surface area contributed by atoms with Crippen molar-refractivity contribution in [2.75, 3.05) is 0 Å². The van der Waals surface area contributed by atoms with Crippen molar-refractivity contribution >= 4 is 11.9 Å². The highest BCUT2D eigenvalue weighted by atomic mass is 16.3. The summed E-state index contributed by atoms with van der Waals surface area (Å²) in [7, 11) is 0. The molecule has 0 aromatic carbocycles. The number of hydrogen-bond donors (Lipinski definition) is 1. The molecule has 1 N–H and O–H groups in total. The largest absolute Gasteiger partial charge is 0.472 e. The van der Waals surface area contributed by atoms with Gasteiger partial charge in [0.05, 0.1) is 18.6 Å². The van der Waals surface area contributed by atoms with Crippen molar-refractivity contribution in [1.82, 2.24) is 0 Å². The second-order valence-electron chi connectivity index (χ2n) is 9.93. The molecule has 0 bridgehead atoms. The maximum Gasteiger partial charge on any atom is 0.165 e. The number of allylic oxidation sites excluding steroid dienone is 3. The number of ketones is 1. The van der Waals surface area contributed by atoms with Gasteiger partial charge in [0.2, 0.25) is 0 Å². The molecule has 144 valence electrons. The monoisotopic (exact) mass is 366 g/mol. The maximum absolute atomic E-state index is 13.3. The van der Waals surface area contributed by atoms with E-state index in [1.165, 1.54) is 0 Å². The van der Waals surface area contributed by atoms with Gasteiger partial charge in [-0.15, -0.1) is 0 Å². The van der Waals surface area contributed by atoms with E-state index in [1.807, 2.05) is 12.1 Å². The number of carbonyl (C=O) groups is 1. The first-order valence-electron chi connectivity index (χ1n) is 10.6. The second kappa shape index (κ2) is 5.94. The first-order chi connectivity index (χ1) is 12.9. The Balaban J connectivity index is 1.49. The molecular formula is C24H30O3. The van der Waals surface area contributed by atoms with Crippen molar-refractivity contribution in [3.63, 3.8) is 0 Å².